The van der Waals surface area contributed by atoms with Crippen LogP contribution in [0.5, 0.6) is 23.0 Å². The van der Waals surface area contributed by atoms with Crippen molar-refractivity contribution in [2.75, 3.05) is 0 Å². The number of fused-ring (bicyclic) bond motifs is 1. The van der Waals surface area contributed by atoms with Crippen molar-refractivity contribution in [3.05, 3.63) is 23.2 Å². The molecule has 0 aliphatic carbocycles. The minimum Gasteiger partial charge on any atom is -0.426 e. The molecule has 142 valence electrons. The van der Waals surface area contributed by atoms with Crippen LogP contribution in [-0.4, -0.2) is 23.9 Å². The molecule has 0 bridgehead atoms. The number of benzene rings is 2. The lowest BCUT2D eigenvalue weighted by molar-refractivity contribution is -0.134. The quantitative estimate of drug-likeness (QED) is 0.575. The van der Waals surface area contributed by atoms with Crippen LogP contribution in [0.25, 0.3) is 10.8 Å². The van der Waals surface area contributed by atoms with Gasteiger partial charge in [-0.1, -0.05) is 11.6 Å². The summed E-state index contributed by atoms with van der Waals surface area (Å²) in [4.78, 5) is 45.9. The van der Waals surface area contributed by atoms with E-state index in [1.54, 1.807) is 0 Å². The van der Waals surface area contributed by atoms with Crippen LogP contribution in [0.2, 0.25) is 5.02 Å². The van der Waals surface area contributed by atoms with Crippen molar-refractivity contribution in [1.29, 1.82) is 0 Å². The van der Waals surface area contributed by atoms with Gasteiger partial charge in [0.25, 0.3) is 0 Å². The molecule has 0 aliphatic heterocycles. The number of hydrogen-bond acceptors (Lipinski definition) is 8. The number of carbonyl (C=O) groups is 4. The molecule has 0 saturated heterocycles. The molecule has 0 atom stereocenters. The van der Waals surface area contributed by atoms with E-state index < -0.39 is 23.9 Å². The number of rotatable bonds is 4. The standard InChI is InChI=1S/C18H15ClO8/c1-8(20)24-13-6-5-12(19)16-17(13)14(25-9(2)21)7-15(26-10(3)22)18(16)27-11(4)23/h5-7H,1-4H3. The third-order valence-corrected chi connectivity index (χ3v) is 3.40. The summed E-state index contributed by atoms with van der Waals surface area (Å²) in [6.45, 7) is 4.64. The number of halogens is 1. The summed E-state index contributed by atoms with van der Waals surface area (Å²) in [7, 11) is 0. The summed E-state index contributed by atoms with van der Waals surface area (Å²) in [5.74, 6) is -3.18. The minimum atomic E-state index is -0.709. The van der Waals surface area contributed by atoms with Gasteiger partial charge in [0, 0.05) is 33.8 Å². The highest BCUT2D eigenvalue weighted by atomic mass is 35.5. The Morgan fingerprint density at radius 2 is 1.15 bits per heavy atom. The van der Waals surface area contributed by atoms with Gasteiger partial charge in [-0.3, -0.25) is 19.2 Å². The highest BCUT2D eigenvalue weighted by Crippen LogP contribution is 2.48. The van der Waals surface area contributed by atoms with Gasteiger partial charge in [-0.25, -0.2) is 0 Å². The molecule has 0 aliphatic rings. The van der Waals surface area contributed by atoms with Crippen molar-refractivity contribution in [2.45, 2.75) is 27.7 Å². The van der Waals surface area contributed by atoms with Gasteiger partial charge < -0.3 is 18.9 Å². The van der Waals surface area contributed by atoms with E-state index in [1.165, 1.54) is 25.1 Å². The fourth-order valence-electron chi connectivity index (χ4n) is 2.36. The number of carbonyl (C=O) groups excluding carboxylic acids is 4. The van der Waals surface area contributed by atoms with Crippen LogP contribution in [-0.2, 0) is 19.2 Å². The predicted octanol–water partition coefficient (Wildman–Crippen LogP) is 3.19. The van der Waals surface area contributed by atoms with E-state index in [4.69, 9.17) is 30.5 Å². The van der Waals surface area contributed by atoms with E-state index in [1.807, 2.05) is 0 Å². The number of esters is 4. The molecular weight excluding hydrogens is 380 g/mol. The van der Waals surface area contributed by atoms with Gasteiger partial charge in [-0.2, -0.15) is 0 Å². The van der Waals surface area contributed by atoms with Crippen LogP contribution in [0.1, 0.15) is 27.7 Å². The van der Waals surface area contributed by atoms with Crippen LogP contribution in [0.15, 0.2) is 18.2 Å². The molecule has 0 heterocycles. The molecule has 2 aromatic carbocycles. The molecule has 8 nitrogen and oxygen atoms in total. The lowest BCUT2D eigenvalue weighted by Gasteiger charge is -2.17. The first-order valence-electron chi connectivity index (χ1n) is 7.63. The maximum absolute atomic E-state index is 11.6. The van der Waals surface area contributed by atoms with Crippen molar-refractivity contribution in [2.24, 2.45) is 0 Å². The smallest absolute Gasteiger partial charge is 0.308 e. The van der Waals surface area contributed by atoms with Crippen LogP contribution in [0.4, 0.5) is 0 Å². The third-order valence-electron chi connectivity index (χ3n) is 3.08. The van der Waals surface area contributed by atoms with Crippen molar-refractivity contribution < 1.29 is 38.1 Å². The second-order valence-electron chi connectivity index (χ2n) is 5.37. The van der Waals surface area contributed by atoms with Gasteiger partial charge in [-0.15, -0.1) is 0 Å². The van der Waals surface area contributed by atoms with E-state index in [0.29, 0.717) is 0 Å². The Kier molecular flexibility index (Phi) is 6.02. The Hall–Kier alpha value is -3.13. The summed E-state index contributed by atoms with van der Waals surface area (Å²) in [6.07, 6.45) is 0. The van der Waals surface area contributed by atoms with Gasteiger partial charge in [-0.05, 0) is 12.1 Å². The summed E-state index contributed by atoms with van der Waals surface area (Å²) in [5.41, 5.74) is 0. The van der Waals surface area contributed by atoms with Crippen molar-refractivity contribution >= 4 is 46.3 Å². The van der Waals surface area contributed by atoms with E-state index in [9.17, 15) is 19.2 Å². The normalized spacial score (nSPS) is 10.3. The maximum Gasteiger partial charge on any atom is 0.308 e. The molecule has 0 unspecified atom stereocenters. The molecule has 0 amide bonds. The Morgan fingerprint density at radius 3 is 1.67 bits per heavy atom. The summed E-state index contributed by atoms with van der Waals surface area (Å²) in [5, 5.41) is 0.250. The molecule has 2 rings (SSSR count). The molecule has 0 fully saturated rings. The Labute approximate surface area is 158 Å². The van der Waals surface area contributed by atoms with E-state index in [0.717, 1.165) is 20.8 Å². The summed E-state index contributed by atoms with van der Waals surface area (Å²) >= 11 is 6.26. The monoisotopic (exact) mass is 394 g/mol. The fourth-order valence-corrected chi connectivity index (χ4v) is 2.60. The van der Waals surface area contributed by atoms with E-state index in [-0.39, 0.29) is 38.8 Å². The van der Waals surface area contributed by atoms with Crippen LogP contribution >= 0.6 is 11.6 Å². The van der Waals surface area contributed by atoms with Gasteiger partial charge in [0.15, 0.2) is 11.5 Å². The Morgan fingerprint density at radius 1 is 0.667 bits per heavy atom. The van der Waals surface area contributed by atoms with E-state index in [2.05, 4.69) is 0 Å². The maximum atomic E-state index is 11.6. The average molecular weight is 395 g/mol. The van der Waals surface area contributed by atoms with Crippen molar-refractivity contribution in [1.82, 2.24) is 0 Å². The van der Waals surface area contributed by atoms with Crippen LogP contribution < -0.4 is 18.9 Å². The molecule has 0 aromatic heterocycles. The van der Waals surface area contributed by atoms with Gasteiger partial charge in [0.2, 0.25) is 0 Å². The molecule has 0 saturated carbocycles. The largest absolute Gasteiger partial charge is 0.426 e. The summed E-state index contributed by atoms with van der Waals surface area (Å²) in [6, 6.07) is 3.96. The van der Waals surface area contributed by atoms with Gasteiger partial charge in [0.05, 0.1) is 15.8 Å². The van der Waals surface area contributed by atoms with Gasteiger partial charge in [0.1, 0.15) is 11.5 Å². The highest BCUT2D eigenvalue weighted by Gasteiger charge is 2.25. The number of ether oxygens (including phenoxy) is 4. The fraction of sp³-hybridized carbons (Fsp3) is 0.222. The minimum absolute atomic E-state index is 0.0147. The topological polar surface area (TPSA) is 105 Å². The lowest BCUT2D eigenvalue weighted by Crippen LogP contribution is -2.10. The Balaban J connectivity index is 2.97. The molecule has 0 spiro atoms. The van der Waals surface area contributed by atoms with E-state index >= 15 is 0 Å². The lowest BCUT2D eigenvalue weighted by atomic mass is 10.1. The second kappa shape index (κ2) is 8.05. The number of hydrogen-bond donors (Lipinski definition) is 0. The Bertz CT molecular complexity index is 964. The SMILES string of the molecule is CC(=O)Oc1cc(OC(C)=O)c2c(OC(C)=O)ccc(Cl)c2c1OC(C)=O. The highest BCUT2D eigenvalue weighted by molar-refractivity contribution is 6.37. The first-order valence-corrected chi connectivity index (χ1v) is 8.00. The predicted molar refractivity (Wildman–Crippen MR) is 94.2 cm³/mol. The molecule has 9 heteroatoms. The molecule has 2 aromatic rings. The van der Waals surface area contributed by atoms with Crippen molar-refractivity contribution in [3.8, 4) is 23.0 Å². The molecule has 0 radical (unpaired) electrons. The molecule has 0 N–H and O–H groups in total. The van der Waals surface area contributed by atoms with Gasteiger partial charge >= 0.3 is 23.9 Å². The second-order valence-corrected chi connectivity index (χ2v) is 5.78. The molecule has 27 heavy (non-hydrogen) atoms. The third kappa shape index (κ3) is 4.73. The zero-order valence-corrected chi connectivity index (χ0v) is 15.6. The zero-order valence-electron chi connectivity index (χ0n) is 14.9. The van der Waals surface area contributed by atoms with Crippen LogP contribution in [0, 0.1) is 0 Å². The average Bonchev–Trinajstić information content (AvgIpc) is 2.50. The zero-order chi connectivity index (χ0) is 20.3. The van der Waals surface area contributed by atoms with Crippen molar-refractivity contribution in [3.63, 3.8) is 0 Å². The van der Waals surface area contributed by atoms with Crippen LogP contribution in [0.3, 0.4) is 0 Å². The first-order chi connectivity index (χ1) is 12.6. The summed E-state index contributed by atoms with van der Waals surface area (Å²) < 4.78 is 20.6. The first kappa shape index (κ1) is 20.2. The molecular formula is C18H15ClO8.